The first kappa shape index (κ1) is 26.4. The monoisotopic (exact) mass is 507 g/mol. The highest BCUT2D eigenvalue weighted by molar-refractivity contribution is 5.69. The van der Waals surface area contributed by atoms with Crippen molar-refractivity contribution in [2.75, 3.05) is 51.3 Å². The lowest BCUT2D eigenvalue weighted by atomic mass is 9.86. The normalized spacial score (nSPS) is 22.0. The molecule has 0 bridgehead atoms. The molecule has 2 saturated heterocycles. The Morgan fingerprint density at radius 2 is 1.78 bits per heavy atom. The largest absolute Gasteiger partial charge is 0.469 e. The van der Waals surface area contributed by atoms with Crippen molar-refractivity contribution < 1.29 is 27.1 Å². The van der Waals surface area contributed by atoms with E-state index < -0.39 is 11.7 Å². The highest BCUT2D eigenvalue weighted by atomic mass is 19.4. The number of carbonyl (C=O) groups excluding carboxylic acids is 1. The maximum Gasteiger partial charge on any atom is 0.416 e. The summed E-state index contributed by atoms with van der Waals surface area (Å²) < 4.78 is 57.9. The van der Waals surface area contributed by atoms with Crippen LogP contribution in [0.4, 0.5) is 23.2 Å². The smallest absolute Gasteiger partial charge is 0.416 e. The predicted molar refractivity (Wildman–Crippen MR) is 130 cm³/mol. The Hall–Kier alpha value is -2.65. The molecule has 0 saturated carbocycles. The average molecular weight is 508 g/mol. The molecule has 2 aliphatic rings. The van der Waals surface area contributed by atoms with Crippen LogP contribution in [0.15, 0.2) is 48.5 Å². The summed E-state index contributed by atoms with van der Waals surface area (Å²) in [6, 6.07) is 12.4. The Bertz CT molecular complexity index is 1020. The molecule has 0 radical (unpaired) electrons. The summed E-state index contributed by atoms with van der Waals surface area (Å²) in [7, 11) is 1.39. The van der Waals surface area contributed by atoms with E-state index in [2.05, 4.69) is 9.80 Å². The van der Waals surface area contributed by atoms with Crippen LogP contribution in [0.1, 0.15) is 30.4 Å². The zero-order valence-corrected chi connectivity index (χ0v) is 20.5. The maximum absolute atomic E-state index is 13.6. The molecule has 2 atom stereocenters. The molecule has 196 valence electrons. The molecule has 2 heterocycles. The van der Waals surface area contributed by atoms with E-state index in [0.717, 1.165) is 44.2 Å². The number of piperazine rings is 1. The molecule has 0 N–H and O–H groups in total. The van der Waals surface area contributed by atoms with Gasteiger partial charge in [0.15, 0.2) is 0 Å². The standard InChI is InChI=1S/C27H33F4N3O2/c1-36-26(35)9-8-21-19-32(18-20-4-2-6-23(28)16-20)11-10-25(21)34-14-12-33(13-15-34)24-7-3-5-22(17-24)27(29,30)31/h2-7,16-17,21,25H,8-15,18-19H2,1H3/t21-,25+/m0/s1. The Morgan fingerprint density at radius 1 is 1.03 bits per heavy atom. The lowest BCUT2D eigenvalue weighted by Gasteiger charge is -2.47. The average Bonchev–Trinajstić information content (AvgIpc) is 2.87. The molecule has 0 aromatic heterocycles. The molecule has 0 unspecified atom stereocenters. The summed E-state index contributed by atoms with van der Waals surface area (Å²) in [6.45, 7) is 5.11. The number of hydrogen-bond donors (Lipinski definition) is 0. The highest BCUT2D eigenvalue weighted by Crippen LogP contribution is 2.33. The van der Waals surface area contributed by atoms with E-state index in [0.29, 0.717) is 38.2 Å². The Morgan fingerprint density at radius 3 is 2.47 bits per heavy atom. The Labute approximate surface area is 209 Å². The van der Waals surface area contributed by atoms with Crippen LogP contribution in [0.2, 0.25) is 0 Å². The van der Waals surface area contributed by atoms with Crippen LogP contribution in [0, 0.1) is 11.7 Å². The van der Waals surface area contributed by atoms with Gasteiger partial charge >= 0.3 is 12.1 Å². The van der Waals surface area contributed by atoms with Crippen LogP contribution in [0.5, 0.6) is 0 Å². The van der Waals surface area contributed by atoms with Gasteiger partial charge in [-0.1, -0.05) is 18.2 Å². The number of methoxy groups -OCH3 is 1. The van der Waals surface area contributed by atoms with Crippen molar-refractivity contribution in [3.63, 3.8) is 0 Å². The molecule has 4 rings (SSSR count). The molecule has 2 fully saturated rings. The third kappa shape index (κ3) is 6.76. The van der Waals surface area contributed by atoms with Gasteiger partial charge < -0.3 is 9.64 Å². The van der Waals surface area contributed by atoms with Gasteiger partial charge in [-0.3, -0.25) is 14.6 Å². The molecule has 2 aliphatic heterocycles. The minimum atomic E-state index is -4.36. The number of benzene rings is 2. The van der Waals surface area contributed by atoms with Gasteiger partial charge in [-0.25, -0.2) is 4.39 Å². The van der Waals surface area contributed by atoms with Crippen LogP contribution < -0.4 is 4.90 Å². The fourth-order valence-electron chi connectivity index (χ4n) is 5.49. The number of hydrogen-bond acceptors (Lipinski definition) is 5. The number of anilines is 1. The summed E-state index contributed by atoms with van der Waals surface area (Å²) in [5.74, 6) is -0.236. The van der Waals surface area contributed by atoms with Gasteiger partial charge in [0.25, 0.3) is 0 Å². The van der Waals surface area contributed by atoms with E-state index in [4.69, 9.17) is 4.74 Å². The first-order valence-corrected chi connectivity index (χ1v) is 12.4. The second-order valence-corrected chi connectivity index (χ2v) is 9.67. The van der Waals surface area contributed by atoms with Crippen LogP contribution in [0.25, 0.3) is 0 Å². The fourth-order valence-corrected chi connectivity index (χ4v) is 5.49. The maximum atomic E-state index is 13.6. The number of piperidine rings is 1. The zero-order chi connectivity index (χ0) is 25.7. The molecule has 9 heteroatoms. The second-order valence-electron chi connectivity index (χ2n) is 9.67. The quantitative estimate of drug-likeness (QED) is 0.397. The number of ether oxygens (including phenoxy) is 1. The zero-order valence-electron chi connectivity index (χ0n) is 20.5. The third-order valence-corrected chi connectivity index (χ3v) is 7.34. The molecule has 36 heavy (non-hydrogen) atoms. The van der Waals surface area contributed by atoms with Gasteiger partial charge in [0.2, 0.25) is 0 Å². The minimum Gasteiger partial charge on any atom is -0.469 e. The molecular weight excluding hydrogens is 474 g/mol. The van der Waals surface area contributed by atoms with E-state index in [1.807, 2.05) is 11.0 Å². The second kappa shape index (κ2) is 11.6. The summed E-state index contributed by atoms with van der Waals surface area (Å²) in [4.78, 5) is 18.6. The van der Waals surface area contributed by atoms with E-state index >= 15 is 0 Å². The molecule has 0 aliphatic carbocycles. The van der Waals surface area contributed by atoms with Crippen LogP contribution in [-0.4, -0.2) is 68.2 Å². The summed E-state index contributed by atoms with van der Waals surface area (Å²) >= 11 is 0. The van der Waals surface area contributed by atoms with Crippen LogP contribution in [-0.2, 0) is 22.3 Å². The molecule has 2 aromatic rings. The molecule has 2 aromatic carbocycles. The van der Waals surface area contributed by atoms with Crippen molar-refractivity contribution in [2.45, 2.75) is 38.0 Å². The Balaban J connectivity index is 1.39. The van der Waals surface area contributed by atoms with Gasteiger partial charge in [0.05, 0.1) is 12.7 Å². The molecular formula is C27H33F4N3O2. The number of halogens is 4. The molecule has 0 spiro atoms. The van der Waals surface area contributed by atoms with E-state index in [1.54, 1.807) is 18.2 Å². The summed E-state index contributed by atoms with van der Waals surface area (Å²) in [5, 5.41) is 0. The van der Waals surface area contributed by atoms with Crippen LogP contribution in [0.3, 0.4) is 0 Å². The first-order chi connectivity index (χ1) is 17.2. The number of esters is 1. The SMILES string of the molecule is COC(=O)CC[C@H]1CN(Cc2cccc(F)c2)CC[C@H]1N1CCN(c2cccc(C(F)(F)F)c2)CC1. The number of nitrogens with zero attached hydrogens (tertiary/aromatic N) is 3. The van der Waals surface area contributed by atoms with Crippen molar-refractivity contribution in [2.24, 2.45) is 5.92 Å². The van der Waals surface area contributed by atoms with Gasteiger partial charge in [-0.15, -0.1) is 0 Å². The van der Waals surface area contributed by atoms with E-state index in [-0.39, 0.29) is 23.7 Å². The molecule has 5 nitrogen and oxygen atoms in total. The summed E-state index contributed by atoms with van der Waals surface area (Å²) in [5.41, 5.74) is 0.891. The van der Waals surface area contributed by atoms with E-state index in [1.165, 1.54) is 25.3 Å². The number of carbonyl (C=O) groups is 1. The fraction of sp³-hybridized carbons (Fsp3) is 0.519. The highest BCUT2D eigenvalue weighted by Gasteiger charge is 2.35. The first-order valence-electron chi connectivity index (χ1n) is 12.4. The third-order valence-electron chi connectivity index (χ3n) is 7.34. The van der Waals surface area contributed by atoms with Crippen molar-refractivity contribution >= 4 is 11.7 Å². The van der Waals surface area contributed by atoms with Crippen molar-refractivity contribution in [3.8, 4) is 0 Å². The van der Waals surface area contributed by atoms with Gasteiger partial charge in [0, 0.05) is 57.4 Å². The minimum absolute atomic E-state index is 0.231. The van der Waals surface area contributed by atoms with Crippen molar-refractivity contribution in [3.05, 3.63) is 65.5 Å². The van der Waals surface area contributed by atoms with Crippen LogP contribution >= 0.6 is 0 Å². The number of rotatable bonds is 7. The van der Waals surface area contributed by atoms with Crippen molar-refractivity contribution in [1.29, 1.82) is 0 Å². The van der Waals surface area contributed by atoms with Crippen molar-refractivity contribution in [1.82, 2.24) is 9.80 Å². The number of likely N-dealkylation sites (tertiary alicyclic amines) is 1. The van der Waals surface area contributed by atoms with Gasteiger partial charge in [-0.2, -0.15) is 13.2 Å². The molecule has 0 amide bonds. The summed E-state index contributed by atoms with van der Waals surface area (Å²) in [6.07, 6.45) is -2.39. The predicted octanol–water partition coefficient (Wildman–Crippen LogP) is 4.81. The van der Waals surface area contributed by atoms with E-state index in [9.17, 15) is 22.4 Å². The Kier molecular flexibility index (Phi) is 8.51. The number of alkyl halides is 3. The van der Waals surface area contributed by atoms with Gasteiger partial charge in [0.1, 0.15) is 5.82 Å². The topological polar surface area (TPSA) is 36.0 Å². The lowest BCUT2D eigenvalue weighted by molar-refractivity contribution is -0.141. The van der Waals surface area contributed by atoms with Gasteiger partial charge in [-0.05, 0) is 61.2 Å². The lowest BCUT2D eigenvalue weighted by Crippen LogP contribution is -2.56.